The highest BCUT2D eigenvalue weighted by Gasteiger charge is 2.17. The van der Waals surface area contributed by atoms with E-state index in [0.29, 0.717) is 29.7 Å². The lowest BCUT2D eigenvalue weighted by Crippen LogP contribution is -2.06. The second-order valence-electron chi connectivity index (χ2n) is 4.71. The van der Waals surface area contributed by atoms with Crippen molar-refractivity contribution in [1.82, 2.24) is 9.97 Å². The van der Waals surface area contributed by atoms with Gasteiger partial charge in [0.15, 0.2) is 11.6 Å². The van der Waals surface area contributed by atoms with Crippen LogP contribution in [-0.4, -0.2) is 17.0 Å². The first-order valence-corrected chi connectivity index (χ1v) is 6.68. The Labute approximate surface area is 121 Å². The largest absolute Gasteiger partial charge is 0.373 e. The van der Waals surface area contributed by atoms with Gasteiger partial charge in [-0.05, 0) is 19.4 Å². The van der Waals surface area contributed by atoms with Crippen LogP contribution >= 0.6 is 0 Å². The Kier molecular flexibility index (Phi) is 4.45. The molecule has 0 aliphatic rings. The Hall–Kier alpha value is -2.11. The smallest absolute Gasteiger partial charge is 0.161 e. The maximum Gasteiger partial charge on any atom is 0.161 e. The number of benzene rings is 1. The number of nitrogens with one attached hydrogen (secondary N) is 1. The van der Waals surface area contributed by atoms with Gasteiger partial charge >= 0.3 is 0 Å². The molecule has 1 aromatic carbocycles. The van der Waals surface area contributed by atoms with Crippen LogP contribution in [0.3, 0.4) is 0 Å². The summed E-state index contributed by atoms with van der Waals surface area (Å²) in [6.45, 7) is 3.68. The molecule has 112 valence electrons. The molecule has 0 fully saturated rings. The number of aromatic nitrogens is 2. The topological polar surface area (TPSA) is 37.8 Å². The first-order valence-electron chi connectivity index (χ1n) is 6.68. The second kappa shape index (κ2) is 6.11. The van der Waals surface area contributed by atoms with E-state index in [1.165, 1.54) is 0 Å². The Morgan fingerprint density at radius 2 is 1.71 bits per heavy atom. The number of halogens is 3. The van der Waals surface area contributed by atoms with Crippen molar-refractivity contribution in [1.29, 1.82) is 0 Å². The van der Waals surface area contributed by atoms with Gasteiger partial charge in [-0.2, -0.15) is 0 Å². The van der Waals surface area contributed by atoms with Crippen molar-refractivity contribution in [2.24, 2.45) is 0 Å². The fraction of sp³-hybridized carbons (Fsp3) is 0.333. The van der Waals surface area contributed by atoms with Gasteiger partial charge in [0, 0.05) is 30.7 Å². The van der Waals surface area contributed by atoms with Gasteiger partial charge in [-0.3, -0.25) is 0 Å². The van der Waals surface area contributed by atoms with E-state index in [1.807, 2.05) is 6.92 Å². The van der Waals surface area contributed by atoms with Gasteiger partial charge in [0.05, 0.1) is 5.69 Å². The van der Waals surface area contributed by atoms with E-state index < -0.39 is 17.5 Å². The minimum atomic E-state index is -1.22. The van der Waals surface area contributed by atoms with E-state index in [1.54, 1.807) is 14.0 Å². The van der Waals surface area contributed by atoms with E-state index in [9.17, 15) is 13.2 Å². The SMILES string of the molecule is CCCc1nc(NC)c(C)c(-c2cc(F)c(F)cc2F)n1. The fourth-order valence-electron chi connectivity index (χ4n) is 2.11. The Balaban J connectivity index is 2.67. The molecule has 0 saturated heterocycles. The zero-order valence-electron chi connectivity index (χ0n) is 12.1. The molecule has 1 heterocycles. The zero-order valence-corrected chi connectivity index (χ0v) is 12.1. The maximum atomic E-state index is 14.0. The minimum Gasteiger partial charge on any atom is -0.373 e. The summed E-state index contributed by atoms with van der Waals surface area (Å²) in [7, 11) is 1.69. The number of rotatable bonds is 4. The van der Waals surface area contributed by atoms with Crippen molar-refractivity contribution in [3.63, 3.8) is 0 Å². The average Bonchev–Trinajstić information content (AvgIpc) is 2.45. The number of hydrogen-bond donors (Lipinski definition) is 1. The standard InChI is InChI=1S/C15H16F3N3/c1-4-5-13-20-14(8(2)15(19-3)21-13)9-6-11(17)12(18)7-10(9)16/h6-7H,4-5H2,1-3H3,(H,19,20,21). The average molecular weight is 295 g/mol. The number of anilines is 1. The van der Waals surface area contributed by atoms with E-state index in [0.717, 1.165) is 12.5 Å². The summed E-state index contributed by atoms with van der Waals surface area (Å²) in [6.07, 6.45) is 1.44. The molecule has 2 aromatic rings. The zero-order chi connectivity index (χ0) is 15.6. The molecule has 2 rings (SSSR count). The summed E-state index contributed by atoms with van der Waals surface area (Å²) in [4.78, 5) is 8.62. The molecule has 1 N–H and O–H groups in total. The fourth-order valence-corrected chi connectivity index (χ4v) is 2.11. The normalized spacial score (nSPS) is 10.8. The molecule has 6 heteroatoms. The molecular formula is C15H16F3N3. The van der Waals surface area contributed by atoms with E-state index in [4.69, 9.17) is 0 Å². The third-order valence-corrected chi connectivity index (χ3v) is 3.17. The van der Waals surface area contributed by atoms with Crippen molar-refractivity contribution >= 4 is 5.82 Å². The maximum absolute atomic E-state index is 14.0. The molecule has 0 saturated carbocycles. The van der Waals surface area contributed by atoms with Gasteiger partial charge in [0.25, 0.3) is 0 Å². The van der Waals surface area contributed by atoms with Crippen LogP contribution in [-0.2, 0) is 6.42 Å². The van der Waals surface area contributed by atoms with Gasteiger partial charge in [-0.15, -0.1) is 0 Å². The van der Waals surface area contributed by atoms with Gasteiger partial charge < -0.3 is 5.32 Å². The minimum absolute atomic E-state index is 0.0670. The number of aryl methyl sites for hydroxylation is 1. The van der Waals surface area contributed by atoms with Crippen LogP contribution in [0, 0.1) is 24.4 Å². The van der Waals surface area contributed by atoms with Crippen molar-refractivity contribution in [2.75, 3.05) is 12.4 Å². The molecule has 3 nitrogen and oxygen atoms in total. The quantitative estimate of drug-likeness (QED) is 0.870. The van der Waals surface area contributed by atoms with Crippen molar-refractivity contribution < 1.29 is 13.2 Å². The van der Waals surface area contributed by atoms with Crippen LogP contribution in [0.15, 0.2) is 12.1 Å². The highest BCUT2D eigenvalue weighted by Crippen LogP contribution is 2.29. The van der Waals surface area contributed by atoms with E-state index >= 15 is 0 Å². The van der Waals surface area contributed by atoms with Gasteiger partial charge in [-0.25, -0.2) is 23.1 Å². The third kappa shape index (κ3) is 2.99. The summed E-state index contributed by atoms with van der Waals surface area (Å²) in [5, 5.41) is 2.91. The summed E-state index contributed by atoms with van der Waals surface area (Å²) in [5.41, 5.74) is 0.791. The third-order valence-electron chi connectivity index (χ3n) is 3.17. The summed E-state index contributed by atoms with van der Waals surface area (Å²) in [6, 6.07) is 1.36. The lowest BCUT2D eigenvalue weighted by atomic mass is 10.1. The highest BCUT2D eigenvalue weighted by atomic mass is 19.2. The van der Waals surface area contributed by atoms with Crippen molar-refractivity contribution in [2.45, 2.75) is 26.7 Å². The monoisotopic (exact) mass is 295 g/mol. The van der Waals surface area contributed by atoms with Gasteiger partial charge in [0.1, 0.15) is 17.5 Å². The summed E-state index contributed by atoms with van der Waals surface area (Å²) < 4.78 is 40.4. The molecule has 0 bridgehead atoms. The predicted octanol–water partition coefficient (Wildman–Crippen LogP) is 3.86. The molecular weight excluding hydrogens is 279 g/mol. The van der Waals surface area contributed by atoms with E-state index in [-0.39, 0.29) is 11.3 Å². The molecule has 0 amide bonds. The Morgan fingerprint density at radius 3 is 2.33 bits per heavy atom. The lowest BCUT2D eigenvalue weighted by Gasteiger charge is -2.13. The van der Waals surface area contributed by atoms with Gasteiger partial charge in [-0.1, -0.05) is 6.92 Å². The first kappa shape index (κ1) is 15.3. The predicted molar refractivity (Wildman–Crippen MR) is 75.6 cm³/mol. The molecule has 0 spiro atoms. The first-order chi connectivity index (χ1) is 9.97. The molecule has 0 aliphatic carbocycles. The molecule has 1 aromatic heterocycles. The van der Waals surface area contributed by atoms with E-state index in [2.05, 4.69) is 15.3 Å². The number of hydrogen-bond acceptors (Lipinski definition) is 3. The highest BCUT2D eigenvalue weighted by molar-refractivity contribution is 5.68. The Bertz CT molecular complexity index is 672. The molecule has 21 heavy (non-hydrogen) atoms. The lowest BCUT2D eigenvalue weighted by molar-refractivity contribution is 0.496. The van der Waals surface area contributed by atoms with Crippen LogP contribution < -0.4 is 5.32 Å². The van der Waals surface area contributed by atoms with Crippen molar-refractivity contribution in [3.8, 4) is 11.3 Å². The van der Waals surface area contributed by atoms with Crippen LogP contribution in [0.2, 0.25) is 0 Å². The van der Waals surface area contributed by atoms with Crippen LogP contribution in [0.1, 0.15) is 24.7 Å². The van der Waals surface area contributed by atoms with Gasteiger partial charge in [0.2, 0.25) is 0 Å². The summed E-state index contributed by atoms with van der Waals surface area (Å²) in [5.74, 6) is -2.09. The molecule has 0 radical (unpaired) electrons. The molecule has 0 aliphatic heterocycles. The van der Waals surface area contributed by atoms with Crippen LogP contribution in [0.5, 0.6) is 0 Å². The second-order valence-corrected chi connectivity index (χ2v) is 4.71. The van der Waals surface area contributed by atoms with Crippen molar-refractivity contribution in [3.05, 3.63) is 41.0 Å². The Morgan fingerprint density at radius 1 is 1.05 bits per heavy atom. The molecule has 0 unspecified atom stereocenters. The van der Waals surface area contributed by atoms with Crippen LogP contribution in [0.25, 0.3) is 11.3 Å². The number of nitrogens with zero attached hydrogens (tertiary/aromatic N) is 2. The summed E-state index contributed by atoms with van der Waals surface area (Å²) >= 11 is 0. The van der Waals surface area contributed by atoms with Crippen LogP contribution in [0.4, 0.5) is 19.0 Å². The molecule has 0 atom stereocenters.